The smallest absolute Gasteiger partial charge is 0.193 e. The fourth-order valence-corrected chi connectivity index (χ4v) is 2.34. The third-order valence-electron chi connectivity index (χ3n) is 3.08. The van der Waals surface area contributed by atoms with Gasteiger partial charge in [0.15, 0.2) is 5.96 Å². The summed E-state index contributed by atoms with van der Waals surface area (Å²) in [5.74, 6) is 1.14. The monoisotopic (exact) mass is 195 g/mol. The summed E-state index contributed by atoms with van der Waals surface area (Å²) in [5, 5.41) is 3.40. The zero-order valence-electron chi connectivity index (χ0n) is 9.34. The van der Waals surface area contributed by atoms with Crippen molar-refractivity contribution in [1.29, 1.82) is 0 Å². The Morgan fingerprint density at radius 3 is 2.86 bits per heavy atom. The van der Waals surface area contributed by atoms with Gasteiger partial charge < -0.3 is 10.2 Å². The molecule has 1 N–H and O–H groups in total. The molecule has 0 radical (unpaired) electrons. The summed E-state index contributed by atoms with van der Waals surface area (Å²) in [6.45, 7) is 9.12. The van der Waals surface area contributed by atoms with Gasteiger partial charge >= 0.3 is 0 Å². The molecule has 0 bridgehead atoms. The first-order chi connectivity index (χ1) is 6.67. The van der Waals surface area contributed by atoms with Gasteiger partial charge in [-0.25, -0.2) is 0 Å². The minimum atomic E-state index is 0.458. The van der Waals surface area contributed by atoms with Crippen molar-refractivity contribution in [3.05, 3.63) is 0 Å². The Bertz CT molecular complexity index is 233. The third-order valence-corrected chi connectivity index (χ3v) is 3.08. The van der Waals surface area contributed by atoms with Gasteiger partial charge in [-0.15, -0.1) is 0 Å². The Morgan fingerprint density at radius 2 is 2.21 bits per heavy atom. The first-order valence-electron chi connectivity index (χ1n) is 5.71. The summed E-state index contributed by atoms with van der Waals surface area (Å²) in [7, 11) is 0. The number of nitrogens with zero attached hydrogens (tertiary/aromatic N) is 2. The van der Waals surface area contributed by atoms with E-state index >= 15 is 0 Å². The van der Waals surface area contributed by atoms with Gasteiger partial charge in [0.25, 0.3) is 0 Å². The molecule has 3 heteroatoms. The molecule has 0 aromatic rings. The molecule has 0 amide bonds. The number of nitrogens with one attached hydrogen (secondary N) is 1. The molecule has 1 saturated heterocycles. The van der Waals surface area contributed by atoms with E-state index < -0.39 is 0 Å². The molecule has 0 spiro atoms. The Hall–Kier alpha value is -0.730. The van der Waals surface area contributed by atoms with Crippen molar-refractivity contribution in [2.75, 3.05) is 26.2 Å². The van der Waals surface area contributed by atoms with E-state index in [9.17, 15) is 0 Å². The van der Waals surface area contributed by atoms with Crippen LogP contribution in [0.5, 0.6) is 0 Å². The summed E-state index contributed by atoms with van der Waals surface area (Å²) in [4.78, 5) is 6.97. The minimum absolute atomic E-state index is 0.458. The molecule has 0 aromatic heterocycles. The Morgan fingerprint density at radius 1 is 1.36 bits per heavy atom. The SMILES string of the molecule is CC1(C)CCCN(C2=NCCCN2)C1. The Kier molecular flexibility index (Phi) is 2.66. The normalized spacial score (nSPS) is 26.7. The van der Waals surface area contributed by atoms with Crippen molar-refractivity contribution in [1.82, 2.24) is 10.2 Å². The quantitative estimate of drug-likeness (QED) is 0.633. The average molecular weight is 195 g/mol. The van der Waals surface area contributed by atoms with E-state index in [-0.39, 0.29) is 0 Å². The summed E-state index contributed by atoms with van der Waals surface area (Å²) in [5.41, 5.74) is 0.458. The van der Waals surface area contributed by atoms with Crippen molar-refractivity contribution >= 4 is 5.96 Å². The van der Waals surface area contributed by atoms with E-state index in [0.717, 1.165) is 25.6 Å². The first-order valence-corrected chi connectivity index (χ1v) is 5.71. The summed E-state index contributed by atoms with van der Waals surface area (Å²) >= 11 is 0. The number of rotatable bonds is 0. The standard InChI is InChI=1S/C11H21N3/c1-11(2)5-3-8-14(9-11)10-12-6-4-7-13-10/h3-9H2,1-2H3,(H,12,13). The van der Waals surface area contributed by atoms with Crippen LogP contribution in [0.1, 0.15) is 33.1 Å². The molecule has 0 saturated carbocycles. The van der Waals surface area contributed by atoms with E-state index in [0.29, 0.717) is 5.41 Å². The first kappa shape index (κ1) is 9.81. The van der Waals surface area contributed by atoms with Crippen molar-refractivity contribution in [2.24, 2.45) is 10.4 Å². The van der Waals surface area contributed by atoms with E-state index in [1.54, 1.807) is 0 Å². The van der Waals surface area contributed by atoms with Gasteiger partial charge in [0.2, 0.25) is 0 Å². The predicted molar refractivity (Wildman–Crippen MR) is 59.5 cm³/mol. The highest BCUT2D eigenvalue weighted by atomic mass is 15.3. The fraction of sp³-hybridized carbons (Fsp3) is 0.909. The zero-order valence-corrected chi connectivity index (χ0v) is 9.34. The molecule has 2 aliphatic heterocycles. The summed E-state index contributed by atoms with van der Waals surface area (Å²) in [6, 6.07) is 0. The topological polar surface area (TPSA) is 27.6 Å². The number of hydrogen-bond donors (Lipinski definition) is 1. The van der Waals surface area contributed by atoms with Gasteiger partial charge in [-0.3, -0.25) is 4.99 Å². The number of likely N-dealkylation sites (tertiary alicyclic amines) is 1. The predicted octanol–water partition coefficient (Wildman–Crippen LogP) is 1.46. The maximum atomic E-state index is 4.55. The summed E-state index contributed by atoms with van der Waals surface area (Å²) in [6.07, 6.45) is 3.82. The number of aliphatic imine (C=N–C) groups is 1. The second-order valence-electron chi connectivity index (χ2n) is 5.17. The minimum Gasteiger partial charge on any atom is -0.356 e. The van der Waals surface area contributed by atoms with Gasteiger partial charge in [-0.1, -0.05) is 13.8 Å². The molecule has 2 rings (SSSR count). The maximum Gasteiger partial charge on any atom is 0.193 e. The average Bonchev–Trinajstić information content (AvgIpc) is 2.18. The second kappa shape index (κ2) is 3.79. The van der Waals surface area contributed by atoms with Gasteiger partial charge in [0.05, 0.1) is 0 Å². The van der Waals surface area contributed by atoms with Crippen molar-refractivity contribution in [3.63, 3.8) is 0 Å². The largest absolute Gasteiger partial charge is 0.356 e. The van der Waals surface area contributed by atoms with E-state index in [1.807, 2.05) is 0 Å². The molecule has 2 aliphatic rings. The van der Waals surface area contributed by atoms with Crippen molar-refractivity contribution in [2.45, 2.75) is 33.1 Å². The molecule has 0 atom stereocenters. The van der Waals surface area contributed by atoms with Crippen LogP contribution in [0.3, 0.4) is 0 Å². The third kappa shape index (κ3) is 2.20. The van der Waals surface area contributed by atoms with Gasteiger partial charge in [0, 0.05) is 26.2 Å². The molecular weight excluding hydrogens is 174 g/mol. The van der Waals surface area contributed by atoms with Crippen LogP contribution in [0.25, 0.3) is 0 Å². The molecule has 0 aromatic carbocycles. The van der Waals surface area contributed by atoms with Crippen LogP contribution in [0.4, 0.5) is 0 Å². The lowest BCUT2D eigenvalue weighted by Crippen LogP contribution is -2.50. The van der Waals surface area contributed by atoms with Crippen LogP contribution in [0, 0.1) is 5.41 Å². The van der Waals surface area contributed by atoms with Gasteiger partial charge in [-0.05, 0) is 24.7 Å². The fourth-order valence-electron chi connectivity index (χ4n) is 2.34. The highest BCUT2D eigenvalue weighted by molar-refractivity contribution is 5.80. The highest BCUT2D eigenvalue weighted by Crippen LogP contribution is 2.28. The molecule has 3 nitrogen and oxygen atoms in total. The summed E-state index contributed by atoms with van der Waals surface area (Å²) < 4.78 is 0. The van der Waals surface area contributed by atoms with Gasteiger partial charge in [-0.2, -0.15) is 0 Å². The van der Waals surface area contributed by atoms with Crippen LogP contribution >= 0.6 is 0 Å². The van der Waals surface area contributed by atoms with Crippen LogP contribution in [-0.2, 0) is 0 Å². The van der Waals surface area contributed by atoms with Crippen molar-refractivity contribution < 1.29 is 0 Å². The Labute approximate surface area is 86.6 Å². The molecule has 14 heavy (non-hydrogen) atoms. The van der Waals surface area contributed by atoms with Crippen LogP contribution in [0.2, 0.25) is 0 Å². The molecular formula is C11H21N3. The van der Waals surface area contributed by atoms with Crippen LogP contribution in [-0.4, -0.2) is 37.0 Å². The van der Waals surface area contributed by atoms with E-state index in [1.165, 1.54) is 25.8 Å². The van der Waals surface area contributed by atoms with Crippen molar-refractivity contribution in [3.8, 4) is 0 Å². The second-order valence-corrected chi connectivity index (χ2v) is 5.17. The molecule has 1 fully saturated rings. The lowest BCUT2D eigenvalue weighted by atomic mass is 9.84. The maximum absolute atomic E-state index is 4.55. The highest BCUT2D eigenvalue weighted by Gasteiger charge is 2.28. The lowest BCUT2D eigenvalue weighted by molar-refractivity contribution is 0.174. The number of guanidine groups is 1. The van der Waals surface area contributed by atoms with E-state index in [4.69, 9.17) is 0 Å². The zero-order chi connectivity index (χ0) is 10.0. The lowest BCUT2D eigenvalue weighted by Gasteiger charge is -2.40. The van der Waals surface area contributed by atoms with E-state index in [2.05, 4.69) is 29.1 Å². The Balaban J connectivity index is 2.00. The van der Waals surface area contributed by atoms with Crippen LogP contribution < -0.4 is 5.32 Å². The number of hydrogen-bond acceptors (Lipinski definition) is 3. The molecule has 0 aliphatic carbocycles. The van der Waals surface area contributed by atoms with Crippen LogP contribution in [0.15, 0.2) is 4.99 Å². The molecule has 2 heterocycles. The molecule has 0 unspecified atom stereocenters. The number of piperidine rings is 1. The molecule has 80 valence electrons. The van der Waals surface area contributed by atoms with Gasteiger partial charge in [0.1, 0.15) is 0 Å².